The molecule has 4 aromatic rings. The van der Waals surface area contributed by atoms with Crippen LogP contribution < -0.4 is 10.1 Å². The summed E-state index contributed by atoms with van der Waals surface area (Å²) in [4.78, 5) is 21.3. The van der Waals surface area contributed by atoms with Gasteiger partial charge >= 0.3 is 6.03 Å². The van der Waals surface area contributed by atoms with Gasteiger partial charge in [0.15, 0.2) is 0 Å². The Hall–Kier alpha value is -4.28. The molecule has 0 fully saturated rings. The average molecular weight is 465 g/mol. The number of aromatic nitrogens is 1. The van der Waals surface area contributed by atoms with Gasteiger partial charge in [0.2, 0.25) is 0 Å². The van der Waals surface area contributed by atoms with Gasteiger partial charge in [-0.05, 0) is 48.9 Å². The zero-order chi connectivity index (χ0) is 23.5. The Labute approximate surface area is 201 Å². The van der Waals surface area contributed by atoms with Crippen molar-refractivity contribution in [3.63, 3.8) is 0 Å². The predicted octanol–water partition coefficient (Wildman–Crippen LogP) is 6.48. The number of nitrogens with one attached hydrogen (secondary N) is 1. The Balaban J connectivity index is 1.43. The number of carbonyl (C=O) groups is 1. The van der Waals surface area contributed by atoms with Crippen molar-refractivity contribution in [2.45, 2.75) is 18.9 Å². The molecule has 0 spiro atoms. The minimum atomic E-state index is -0.354. The monoisotopic (exact) mass is 464 g/mol. The maximum atomic E-state index is 12.3. The molecule has 6 nitrogen and oxygen atoms in total. The zero-order valence-electron chi connectivity index (χ0n) is 18.3. The van der Waals surface area contributed by atoms with Crippen molar-refractivity contribution in [1.82, 2.24) is 10.3 Å². The van der Waals surface area contributed by atoms with Crippen LogP contribution in [0.1, 0.15) is 35.0 Å². The summed E-state index contributed by atoms with van der Waals surface area (Å²) < 4.78 is 5.90. The highest BCUT2D eigenvalue weighted by Gasteiger charge is 2.35. The average Bonchev–Trinajstić information content (AvgIpc) is 3.34. The molecule has 1 aromatic heterocycles. The van der Waals surface area contributed by atoms with Gasteiger partial charge in [-0.15, -0.1) is 11.3 Å². The van der Waals surface area contributed by atoms with Crippen LogP contribution in [0.4, 0.5) is 4.79 Å². The summed E-state index contributed by atoms with van der Waals surface area (Å²) in [5.41, 5.74) is 4.05. The third-order valence-corrected chi connectivity index (χ3v) is 6.58. The van der Waals surface area contributed by atoms with Crippen molar-refractivity contribution in [2.24, 2.45) is 4.99 Å². The number of carbonyl (C=O) groups excluding carboxylic acids is 1. The molecule has 34 heavy (non-hydrogen) atoms. The molecule has 166 valence electrons. The molecule has 5 rings (SSSR count). The first-order chi connectivity index (χ1) is 16.6. The van der Waals surface area contributed by atoms with Crippen LogP contribution >= 0.6 is 11.3 Å². The number of ether oxygens (including phenoxy) is 1. The van der Waals surface area contributed by atoms with E-state index < -0.39 is 0 Å². The second kappa shape index (κ2) is 9.30. The van der Waals surface area contributed by atoms with E-state index in [1.807, 2.05) is 79.0 Å². The summed E-state index contributed by atoms with van der Waals surface area (Å²) in [6.45, 7) is 1.87. The normalized spacial score (nSPS) is 17.4. The SMILES string of the molecule is CC1=NC(=O)NC(c2ccc(Oc3ccccc3)cc2)C1c1nc(-c2ccc(C#N)cc2)cs1. The summed E-state index contributed by atoms with van der Waals surface area (Å²) in [5.74, 6) is 1.30. The van der Waals surface area contributed by atoms with Crippen LogP contribution in [-0.2, 0) is 0 Å². The fourth-order valence-electron chi connectivity index (χ4n) is 3.96. The molecule has 1 aliphatic heterocycles. The molecular formula is C27H20N4O2S. The van der Waals surface area contributed by atoms with E-state index in [1.165, 1.54) is 11.3 Å². The highest BCUT2D eigenvalue weighted by atomic mass is 32.1. The summed E-state index contributed by atoms with van der Waals surface area (Å²) >= 11 is 1.54. The lowest BCUT2D eigenvalue weighted by molar-refractivity contribution is 0.243. The molecule has 0 saturated carbocycles. The molecule has 2 atom stereocenters. The van der Waals surface area contributed by atoms with E-state index >= 15 is 0 Å². The molecule has 7 heteroatoms. The van der Waals surface area contributed by atoms with E-state index in [-0.39, 0.29) is 18.0 Å². The second-order valence-electron chi connectivity index (χ2n) is 7.90. The Morgan fingerprint density at radius 3 is 2.38 bits per heavy atom. The highest BCUT2D eigenvalue weighted by molar-refractivity contribution is 7.10. The van der Waals surface area contributed by atoms with Gasteiger partial charge in [-0.25, -0.2) is 14.8 Å². The van der Waals surface area contributed by atoms with Gasteiger partial charge in [0.1, 0.15) is 16.5 Å². The number of aliphatic imine (C=N–C) groups is 1. The van der Waals surface area contributed by atoms with E-state index in [9.17, 15) is 4.79 Å². The van der Waals surface area contributed by atoms with Crippen LogP contribution in [0.2, 0.25) is 0 Å². The van der Waals surface area contributed by atoms with Crippen LogP contribution in [0.25, 0.3) is 11.3 Å². The van der Waals surface area contributed by atoms with Crippen molar-refractivity contribution < 1.29 is 9.53 Å². The molecule has 0 radical (unpaired) electrons. The van der Waals surface area contributed by atoms with Crippen LogP contribution in [0.3, 0.4) is 0 Å². The van der Waals surface area contributed by atoms with Crippen LogP contribution in [0.15, 0.2) is 89.2 Å². The minimum absolute atomic E-state index is 0.185. The lowest BCUT2D eigenvalue weighted by Gasteiger charge is -2.30. The second-order valence-corrected chi connectivity index (χ2v) is 8.79. The molecule has 1 aliphatic rings. The lowest BCUT2D eigenvalue weighted by atomic mass is 9.88. The number of para-hydroxylation sites is 1. The van der Waals surface area contributed by atoms with Gasteiger partial charge in [0.05, 0.1) is 29.3 Å². The summed E-state index contributed by atoms with van der Waals surface area (Å²) in [6, 6.07) is 26.1. The van der Waals surface area contributed by atoms with Crippen LogP contribution in [0, 0.1) is 11.3 Å². The Bertz CT molecular complexity index is 1390. The number of thiazole rings is 1. The van der Waals surface area contributed by atoms with Gasteiger partial charge in [-0.3, -0.25) is 0 Å². The number of benzene rings is 3. The Kier molecular flexibility index (Phi) is 5.90. The lowest BCUT2D eigenvalue weighted by Crippen LogP contribution is -2.38. The first kappa shape index (κ1) is 21.6. The van der Waals surface area contributed by atoms with Gasteiger partial charge in [-0.2, -0.15) is 5.26 Å². The largest absolute Gasteiger partial charge is 0.457 e. The number of urea groups is 1. The smallest absolute Gasteiger partial charge is 0.341 e. The fraction of sp³-hybridized carbons (Fsp3) is 0.111. The maximum Gasteiger partial charge on any atom is 0.341 e. The Morgan fingerprint density at radius 2 is 1.68 bits per heavy atom. The van der Waals surface area contributed by atoms with Crippen molar-refractivity contribution in [3.8, 4) is 28.8 Å². The first-order valence-electron chi connectivity index (χ1n) is 10.8. The van der Waals surface area contributed by atoms with E-state index in [4.69, 9.17) is 15.0 Å². The van der Waals surface area contributed by atoms with Crippen molar-refractivity contribution >= 4 is 23.1 Å². The molecule has 2 unspecified atom stereocenters. The molecule has 0 bridgehead atoms. The van der Waals surface area contributed by atoms with Gasteiger partial charge in [0.25, 0.3) is 0 Å². The van der Waals surface area contributed by atoms with Crippen molar-refractivity contribution in [2.75, 3.05) is 0 Å². The van der Waals surface area contributed by atoms with E-state index in [1.54, 1.807) is 12.1 Å². The highest BCUT2D eigenvalue weighted by Crippen LogP contribution is 2.38. The topological polar surface area (TPSA) is 87.4 Å². The summed E-state index contributed by atoms with van der Waals surface area (Å²) in [7, 11) is 0. The van der Waals surface area contributed by atoms with Crippen molar-refractivity contribution in [1.29, 1.82) is 5.26 Å². The third kappa shape index (κ3) is 4.45. The minimum Gasteiger partial charge on any atom is -0.457 e. The molecule has 0 aliphatic carbocycles. The van der Waals surface area contributed by atoms with Crippen LogP contribution in [0.5, 0.6) is 11.5 Å². The molecule has 2 heterocycles. The van der Waals surface area contributed by atoms with Gasteiger partial charge in [0, 0.05) is 16.7 Å². The van der Waals surface area contributed by atoms with E-state index in [0.29, 0.717) is 5.56 Å². The maximum absolute atomic E-state index is 12.3. The van der Waals surface area contributed by atoms with Crippen molar-refractivity contribution in [3.05, 3.63) is 100 Å². The Morgan fingerprint density at radius 1 is 0.971 bits per heavy atom. The number of hydrogen-bond acceptors (Lipinski definition) is 5. The molecular weight excluding hydrogens is 444 g/mol. The molecule has 0 saturated heterocycles. The predicted molar refractivity (Wildman–Crippen MR) is 132 cm³/mol. The zero-order valence-corrected chi connectivity index (χ0v) is 19.1. The molecule has 3 aromatic carbocycles. The summed E-state index contributed by atoms with van der Waals surface area (Å²) in [6.07, 6.45) is 0. The quantitative estimate of drug-likeness (QED) is 0.366. The number of nitrogens with zero attached hydrogens (tertiary/aromatic N) is 3. The molecule has 2 amide bonds. The van der Waals surface area contributed by atoms with E-state index in [2.05, 4.69) is 16.4 Å². The number of rotatable bonds is 5. The fourth-order valence-corrected chi connectivity index (χ4v) is 4.99. The van der Waals surface area contributed by atoms with Crippen LogP contribution in [-0.4, -0.2) is 16.7 Å². The van der Waals surface area contributed by atoms with E-state index in [0.717, 1.165) is 39.0 Å². The molecule has 1 N–H and O–H groups in total. The van der Waals surface area contributed by atoms with Gasteiger partial charge in [-0.1, -0.05) is 42.5 Å². The number of amides is 2. The third-order valence-electron chi connectivity index (χ3n) is 5.66. The summed E-state index contributed by atoms with van der Waals surface area (Å²) in [5, 5.41) is 14.9. The number of nitriles is 1. The van der Waals surface area contributed by atoms with Gasteiger partial charge < -0.3 is 10.1 Å². The number of hydrogen-bond donors (Lipinski definition) is 1. The standard InChI is InChI=1S/C27H20N4O2S/c1-17-24(26-30-23(16-34-26)19-9-7-18(15-28)8-10-19)25(31-27(32)29-17)20-11-13-22(14-12-20)33-21-5-3-2-4-6-21/h2-14,16,24-25H,1H3,(H,31,32). The first-order valence-corrected chi connectivity index (χ1v) is 11.6.